The zero-order valence-electron chi connectivity index (χ0n) is 15.7. The molecule has 3 aromatic rings. The van der Waals surface area contributed by atoms with Gasteiger partial charge in [0.05, 0.1) is 12.2 Å². The molecule has 1 saturated heterocycles. The van der Waals surface area contributed by atoms with E-state index in [1.165, 1.54) is 12.1 Å². The lowest BCUT2D eigenvalue weighted by Crippen LogP contribution is -2.37. The summed E-state index contributed by atoms with van der Waals surface area (Å²) >= 11 is 0. The zero-order valence-corrected chi connectivity index (χ0v) is 15.7. The number of aliphatic hydroxyl groups excluding tert-OH is 1. The highest BCUT2D eigenvalue weighted by Crippen LogP contribution is 2.34. The molecule has 0 aliphatic carbocycles. The Balaban J connectivity index is 1.69. The Kier molecular flexibility index (Phi) is 5.42. The summed E-state index contributed by atoms with van der Waals surface area (Å²) in [5.74, 6) is 0.469. The second-order valence-electron chi connectivity index (χ2n) is 7.21. The average molecular weight is 378 g/mol. The highest BCUT2D eigenvalue weighted by molar-refractivity contribution is 5.93. The summed E-state index contributed by atoms with van der Waals surface area (Å²) in [6, 6.07) is 18.4. The van der Waals surface area contributed by atoms with E-state index >= 15 is 0 Å². The van der Waals surface area contributed by atoms with Gasteiger partial charge in [-0.1, -0.05) is 60.7 Å². The Morgan fingerprint density at radius 2 is 1.79 bits per heavy atom. The van der Waals surface area contributed by atoms with E-state index in [0.29, 0.717) is 12.8 Å². The van der Waals surface area contributed by atoms with Crippen molar-refractivity contribution in [3.05, 3.63) is 77.6 Å². The van der Waals surface area contributed by atoms with Crippen LogP contribution < -0.4 is 4.74 Å². The third-order valence-electron chi connectivity index (χ3n) is 4.94. The summed E-state index contributed by atoms with van der Waals surface area (Å²) in [4.78, 5) is 0. The fourth-order valence-electron chi connectivity index (χ4n) is 3.56. The van der Waals surface area contributed by atoms with E-state index in [2.05, 4.69) is 0 Å². The summed E-state index contributed by atoms with van der Waals surface area (Å²) in [6.45, 7) is 1.94. The van der Waals surface area contributed by atoms with E-state index in [-0.39, 0.29) is 11.9 Å². The first kappa shape index (κ1) is 18.7. The Bertz CT molecular complexity index is 971. The molecule has 0 bridgehead atoms. The topological polar surface area (TPSA) is 38.7 Å². The summed E-state index contributed by atoms with van der Waals surface area (Å²) in [6.07, 6.45) is 3.96. The highest BCUT2D eigenvalue weighted by Gasteiger charge is 2.28. The Morgan fingerprint density at radius 1 is 1.00 bits per heavy atom. The fraction of sp³-hybridized carbons (Fsp3) is 0.250. The van der Waals surface area contributed by atoms with Crippen molar-refractivity contribution >= 4 is 22.9 Å². The molecule has 28 heavy (non-hydrogen) atoms. The molecule has 0 aromatic heterocycles. The molecule has 3 nitrogen and oxygen atoms in total. The van der Waals surface area contributed by atoms with Crippen LogP contribution in [0.4, 0.5) is 4.39 Å². The molecular weight excluding hydrogens is 355 g/mol. The molecule has 1 heterocycles. The van der Waals surface area contributed by atoms with Gasteiger partial charge in [0.1, 0.15) is 11.6 Å². The van der Waals surface area contributed by atoms with E-state index in [1.807, 2.05) is 55.5 Å². The maximum absolute atomic E-state index is 13.1. The van der Waals surface area contributed by atoms with Crippen LogP contribution >= 0.6 is 0 Å². The maximum atomic E-state index is 13.1. The van der Waals surface area contributed by atoms with Crippen LogP contribution in [0.3, 0.4) is 0 Å². The molecule has 1 aliphatic heterocycles. The number of hydrogen-bond donors (Lipinski definition) is 1. The molecule has 0 radical (unpaired) electrons. The van der Waals surface area contributed by atoms with Crippen molar-refractivity contribution < 1.29 is 19.0 Å². The Labute approximate surface area is 164 Å². The van der Waals surface area contributed by atoms with Crippen molar-refractivity contribution in [2.24, 2.45) is 0 Å². The predicted octanol–water partition coefficient (Wildman–Crippen LogP) is 5.41. The van der Waals surface area contributed by atoms with Gasteiger partial charge in [0.15, 0.2) is 0 Å². The average Bonchev–Trinajstić information content (AvgIpc) is 2.68. The molecule has 1 N–H and O–H groups in total. The van der Waals surface area contributed by atoms with Gasteiger partial charge in [-0.2, -0.15) is 0 Å². The van der Waals surface area contributed by atoms with Crippen LogP contribution in [-0.2, 0) is 4.74 Å². The lowest BCUT2D eigenvalue weighted by Gasteiger charge is -2.32. The first-order valence-electron chi connectivity index (χ1n) is 9.54. The van der Waals surface area contributed by atoms with E-state index in [1.54, 1.807) is 12.1 Å². The van der Waals surface area contributed by atoms with Crippen molar-refractivity contribution in [1.29, 1.82) is 0 Å². The van der Waals surface area contributed by atoms with Gasteiger partial charge in [0.25, 0.3) is 0 Å². The van der Waals surface area contributed by atoms with Crippen LogP contribution in [0.25, 0.3) is 22.9 Å². The minimum absolute atomic E-state index is 0.0538. The molecule has 1 fully saturated rings. The molecule has 3 atom stereocenters. The van der Waals surface area contributed by atoms with Crippen molar-refractivity contribution in [2.75, 3.05) is 0 Å². The first-order chi connectivity index (χ1) is 13.6. The van der Waals surface area contributed by atoms with Gasteiger partial charge >= 0.3 is 0 Å². The van der Waals surface area contributed by atoms with Gasteiger partial charge in [-0.15, -0.1) is 0 Å². The second-order valence-corrected chi connectivity index (χ2v) is 7.21. The molecule has 0 saturated carbocycles. The number of rotatable bonds is 4. The lowest BCUT2D eigenvalue weighted by atomic mass is 10.0. The Morgan fingerprint density at radius 3 is 2.57 bits per heavy atom. The second kappa shape index (κ2) is 8.13. The van der Waals surface area contributed by atoms with Crippen molar-refractivity contribution in [1.82, 2.24) is 0 Å². The molecule has 144 valence electrons. The standard InChI is InChI=1S/C24H23FO3/c1-16-14-21(26)15-23(27-16)28-24-19(9-6-17-7-12-20(25)13-8-17)11-10-18-4-2-3-5-22(18)24/h2-13,16,21,23,26H,14-15H2,1H3/b9-6+. The predicted molar refractivity (Wildman–Crippen MR) is 109 cm³/mol. The van der Waals surface area contributed by atoms with Crippen LogP contribution in [0, 0.1) is 5.82 Å². The van der Waals surface area contributed by atoms with Crippen molar-refractivity contribution in [3.8, 4) is 5.75 Å². The van der Waals surface area contributed by atoms with E-state index in [4.69, 9.17) is 9.47 Å². The number of fused-ring (bicyclic) bond motifs is 1. The molecule has 3 aromatic carbocycles. The number of halogens is 1. The smallest absolute Gasteiger partial charge is 0.202 e. The van der Waals surface area contributed by atoms with Gasteiger partial charge in [-0.25, -0.2) is 4.39 Å². The largest absolute Gasteiger partial charge is 0.464 e. The summed E-state index contributed by atoms with van der Waals surface area (Å²) in [5.41, 5.74) is 1.80. The zero-order chi connectivity index (χ0) is 19.5. The van der Waals surface area contributed by atoms with Gasteiger partial charge in [-0.3, -0.25) is 0 Å². The van der Waals surface area contributed by atoms with Gasteiger partial charge in [0, 0.05) is 17.4 Å². The van der Waals surface area contributed by atoms with Crippen LogP contribution in [0.15, 0.2) is 60.7 Å². The van der Waals surface area contributed by atoms with Crippen LogP contribution in [0.5, 0.6) is 5.75 Å². The minimum Gasteiger partial charge on any atom is -0.464 e. The number of benzene rings is 3. The fourth-order valence-corrected chi connectivity index (χ4v) is 3.56. The molecule has 4 heteroatoms. The van der Waals surface area contributed by atoms with E-state index < -0.39 is 12.4 Å². The number of hydrogen-bond acceptors (Lipinski definition) is 3. The Hall–Kier alpha value is -2.69. The highest BCUT2D eigenvalue weighted by atomic mass is 19.1. The minimum atomic E-state index is -0.498. The molecule has 4 rings (SSSR count). The monoisotopic (exact) mass is 378 g/mol. The number of ether oxygens (including phenoxy) is 2. The molecule has 1 aliphatic rings. The maximum Gasteiger partial charge on any atom is 0.202 e. The van der Waals surface area contributed by atoms with E-state index in [0.717, 1.165) is 27.6 Å². The van der Waals surface area contributed by atoms with Crippen LogP contribution in [0.2, 0.25) is 0 Å². The van der Waals surface area contributed by atoms with Crippen LogP contribution in [-0.4, -0.2) is 23.6 Å². The summed E-state index contributed by atoms with van der Waals surface area (Å²) in [5, 5.41) is 12.1. The normalized spacial score (nSPS) is 22.6. The lowest BCUT2D eigenvalue weighted by molar-refractivity contribution is -0.169. The summed E-state index contributed by atoms with van der Waals surface area (Å²) in [7, 11) is 0. The summed E-state index contributed by atoms with van der Waals surface area (Å²) < 4.78 is 25.3. The van der Waals surface area contributed by atoms with Crippen LogP contribution in [0.1, 0.15) is 30.9 Å². The molecule has 0 amide bonds. The molecule has 0 spiro atoms. The molecule has 3 unspecified atom stereocenters. The van der Waals surface area contributed by atoms with Gasteiger partial charge in [-0.05, 0) is 36.4 Å². The quantitative estimate of drug-likeness (QED) is 0.617. The van der Waals surface area contributed by atoms with Crippen molar-refractivity contribution in [3.63, 3.8) is 0 Å². The molecular formula is C24H23FO3. The first-order valence-corrected chi connectivity index (χ1v) is 9.54. The van der Waals surface area contributed by atoms with Crippen molar-refractivity contribution in [2.45, 2.75) is 38.3 Å². The van der Waals surface area contributed by atoms with E-state index in [9.17, 15) is 9.50 Å². The van der Waals surface area contributed by atoms with Gasteiger partial charge in [0.2, 0.25) is 6.29 Å². The number of aliphatic hydroxyl groups is 1. The third-order valence-corrected chi connectivity index (χ3v) is 4.94. The van der Waals surface area contributed by atoms with Gasteiger partial charge < -0.3 is 14.6 Å². The third kappa shape index (κ3) is 4.24. The SMILES string of the molecule is CC1CC(O)CC(Oc2c(/C=C/c3ccc(F)cc3)ccc3ccccc23)O1.